The van der Waals surface area contributed by atoms with Crippen LogP contribution in [0.25, 0.3) is 22.8 Å². The van der Waals surface area contributed by atoms with E-state index in [0.717, 1.165) is 47.3 Å². The second kappa shape index (κ2) is 6.12. The summed E-state index contributed by atoms with van der Waals surface area (Å²) in [7, 11) is 0. The molecule has 1 aliphatic heterocycles. The number of hydrogen-bond donors (Lipinski definition) is 0. The van der Waals surface area contributed by atoms with E-state index in [1.807, 2.05) is 30.2 Å². The Bertz CT molecular complexity index is 975. The van der Waals surface area contributed by atoms with Crippen LogP contribution >= 0.6 is 0 Å². The number of carbonyl (C=O) groups is 1. The van der Waals surface area contributed by atoms with Gasteiger partial charge in [0.1, 0.15) is 18.0 Å². The molecule has 0 radical (unpaired) electrons. The van der Waals surface area contributed by atoms with Crippen molar-refractivity contribution < 1.29 is 14.3 Å². The number of carbonyl (C=O) groups excluding carboxylic acids is 2. The van der Waals surface area contributed by atoms with Gasteiger partial charge in [-0.1, -0.05) is 44.2 Å². The molecule has 1 heterocycles. The summed E-state index contributed by atoms with van der Waals surface area (Å²) in [4.78, 5) is 22.5. The normalized spacial score (nSPS) is 19.8. The first-order valence-corrected chi connectivity index (χ1v) is 8.84. The molecule has 3 nitrogen and oxygen atoms in total. The van der Waals surface area contributed by atoms with Gasteiger partial charge in [0.15, 0.2) is 0 Å². The van der Waals surface area contributed by atoms with E-state index in [9.17, 15) is 9.59 Å². The van der Waals surface area contributed by atoms with E-state index in [2.05, 4.69) is 32.0 Å². The second-order valence-corrected chi connectivity index (χ2v) is 7.53. The van der Waals surface area contributed by atoms with E-state index in [0.29, 0.717) is 5.57 Å². The predicted molar refractivity (Wildman–Crippen MR) is 103 cm³/mol. The van der Waals surface area contributed by atoms with Crippen molar-refractivity contribution in [3.63, 3.8) is 0 Å². The number of fused-ring (bicyclic) bond motifs is 2. The highest BCUT2D eigenvalue weighted by Crippen LogP contribution is 2.41. The van der Waals surface area contributed by atoms with Gasteiger partial charge in [-0.05, 0) is 52.3 Å². The van der Waals surface area contributed by atoms with Gasteiger partial charge >= 0.3 is 0 Å². The lowest BCUT2D eigenvalue weighted by Crippen LogP contribution is -2.26. The lowest BCUT2D eigenvalue weighted by atomic mass is 9.78. The molecular weight excluding hydrogens is 324 g/mol. The first kappa shape index (κ1) is 16.6. The Morgan fingerprint density at radius 3 is 2.69 bits per heavy atom. The monoisotopic (exact) mass is 344 g/mol. The molecule has 0 amide bonds. The molecule has 26 heavy (non-hydrogen) atoms. The lowest BCUT2D eigenvalue weighted by Gasteiger charge is -2.32. The minimum absolute atomic E-state index is 0.0856. The molecule has 4 rings (SSSR count). The molecule has 0 aromatic heterocycles. The van der Waals surface area contributed by atoms with Crippen LogP contribution in [-0.4, -0.2) is 18.8 Å². The van der Waals surface area contributed by atoms with E-state index >= 15 is 0 Å². The van der Waals surface area contributed by atoms with Crippen molar-refractivity contribution in [3.05, 3.63) is 59.2 Å². The topological polar surface area (TPSA) is 43.4 Å². The zero-order chi connectivity index (χ0) is 18.3. The van der Waals surface area contributed by atoms with Gasteiger partial charge < -0.3 is 9.53 Å². The molecule has 3 heteroatoms. The fraction of sp³-hybridized carbons (Fsp3) is 0.261. The van der Waals surface area contributed by atoms with E-state index in [1.54, 1.807) is 6.08 Å². The SMILES string of the molecule is CC1(C)CCOc2ccc(-c3ccc4c(c3)C=CC(C=O)C4=C=O)cc21. The van der Waals surface area contributed by atoms with Gasteiger partial charge in [-0.3, -0.25) is 0 Å². The van der Waals surface area contributed by atoms with Crippen LogP contribution in [0.3, 0.4) is 0 Å². The van der Waals surface area contributed by atoms with Crippen LogP contribution < -0.4 is 4.74 Å². The molecule has 1 unspecified atom stereocenters. The average Bonchev–Trinajstić information content (AvgIpc) is 2.66. The Labute approximate surface area is 153 Å². The summed E-state index contributed by atoms with van der Waals surface area (Å²) in [5, 5.41) is 0. The van der Waals surface area contributed by atoms with Gasteiger partial charge in [0.05, 0.1) is 18.1 Å². The van der Waals surface area contributed by atoms with Gasteiger partial charge in [-0.25, -0.2) is 4.79 Å². The number of rotatable bonds is 2. The van der Waals surface area contributed by atoms with Gasteiger partial charge in [-0.15, -0.1) is 0 Å². The third kappa shape index (κ3) is 2.61. The van der Waals surface area contributed by atoms with E-state index in [-0.39, 0.29) is 5.41 Å². The van der Waals surface area contributed by atoms with Crippen molar-refractivity contribution in [3.8, 4) is 16.9 Å². The fourth-order valence-electron chi connectivity index (χ4n) is 3.76. The maximum Gasteiger partial charge on any atom is 0.132 e. The van der Waals surface area contributed by atoms with Crippen LogP contribution in [0.5, 0.6) is 5.75 Å². The third-order valence-electron chi connectivity index (χ3n) is 5.44. The number of aldehydes is 1. The molecule has 0 spiro atoms. The van der Waals surface area contributed by atoms with Crippen LogP contribution in [0.15, 0.2) is 42.5 Å². The second-order valence-electron chi connectivity index (χ2n) is 7.53. The molecule has 0 N–H and O–H groups in total. The van der Waals surface area contributed by atoms with Crippen molar-refractivity contribution in [2.24, 2.45) is 5.92 Å². The van der Waals surface area contributed by atoms with Crippen molar-refractivity contribution in [1.82, 2.24) is 0 Å². The summed E-state index contributed by atoms with van der Waals surface area (Å²) >= 11 is 0. The molecule has 0 fully saturated rings. The Hall–Kier alpha value is -2.90. The average molecular weight is 344 g/mol. The minimum atomic E-state index is -0.507. The van der Waals surface area contributed by atoms with Crippen molar-refractivity contribution in [2.75, 3.05) is 6.61 Å². The minimum Gasteiger partial charge on any atom is -0.493 e. The van der Waals surface area contributed by atoms with Crippen LogP contribution in [0, 0.1) is 5.92 Å². The highest BCUT2D eigenvalue weighted by Gasteiger charge is 2.29. The molecular formula is C23H20O3. The summed E-state index contributed by atoms with van der Waals surface area (Å²) in [5.74, 6) is 2.39. The predicted octanol–water partition coefficient (Wildman–Crippen LogP) is 4.47. The quantitative estimate of drug-likeness (QED) is 0.596. The third-order valence-corrected chi connectivity index (χ3v) is 5.44. The molecule has 2 aromatic rings. The van der Waals surface area contributed by atoms with Crippen LogP contribution in [0.4, 0.5) is 0 Å². The number of benzene rings is 2. The Morgan fingerprint density at radius 2 is 1.92 bits per heavy atom. The van der Waals surface area contributed by atoms with E-state index in [1.165, 1.54) is 5.56 Å². The Morgan fingerprint density at radius 1 is 1.15 bits per heavy atom. The summed E-state index contributed by atoms with van der Waals surface area (Å²) in [6, 6.07) is 12.3. The first-order chi connectivity index (χ1) is 12.5. The zero-order valence-electron chi connectivity index (χ0n) is 14.9. The van der Waals surface area contributed by atoms with Gasteiger partial charge in [0.2, 0.25) is 0 Å². The molecule has 0 saturated carbocycles. The highest BCUT2D eigenvalue weighted by molar-refractivity contribution is 6.01. The van der Waals surface area contributed by atoms with Crippen molar-refractivity contribution in [2.45, 2.75) is 25.7 Å². The Kier molecular flexibility index (Phi) is 3.90. The molecule has 130 valence electrons. The molecule has 2 aliphatic rings. The maximum absolute atomic E-state index is 11.3. The lowest BCUT2D eigenvalue weighted by molar-refractivity contribution is -0.108. The molecule has 0 saturated heterocycles. The zero-order valence-corrected chi connectivity index (χ0v) is 14.9. The van der Waals surface area contributed by atoms with Gasteiger partial charge in [0, 0.05) is 5.56 Å². The van der Waals surface area contributed by atoms with E-state index < -0.39 is 5.92 Å². The van der Waals surface area contributed by atoms with Crippen LogP contribution in [0.2, 0.25) is 0 Å². The highest BCUT2D eigenvalue weighted by atomic mass is 16.5. The molecule has 0 bridgehead atoms. The maximum atomic E-state index is 11.3. The van der Waals surface area contributed by atoms with Gasteiger partial charge in [0.25, 0.3) is 0 Å². The first-order valence-electron chi connectivity index (χ1n) is 8.84. The molecule has 2 aromatic carbocycles. The Balaban J connectivity index is 1.79. The largest absolute Gasteiger partial charge is 0.493 e. The number of allylic oxidation sites excluding steroid dienone is 2. The van der Waals surface area contributed by atoms with Gasteiger partial charge in [-0.2, -0.15) is 0 Å². The standard InChI is InChI=1S/C23H20O3/c1-23(2)9-10-26-22-8-6-16(12-21(22)23)15-5-7-19-17(11-15)3-4-18(13-24)20(19)14-25/h3-8,11-13,18H,9-10H2,1-2H3. The van der Waals surface area contributed by atoms with Crippen molar-refractivity contribution in [1.29, 1.82) is 0 Å². The van der Waals surface area contributed by atoms with Crippen LogP contribution in [-0.2, 0) is 15.0 Å². The van der Waals surface area contributed by atoms with Crippen molar-refractivity contribution >= 4 is 23.9 Å². The summed E-state index contributed by atoms with van der Waals surface area (Å²) in [5.41, 5.74) is 5.63. The number of ether oxygens (including phenoxy) is 1. The van der Waals surface area contributed by atoms with Crippen LogP contribution in [0.1, 0.15) is 37.0 Å². The van der Waals surface area contributed by atoms with E-state index in [4.69, 9.17) is 4.74 Å². The number of hydrogen-bond acceptors (Lipinski definition) is 3. The molecule has 1 aliphatic carbocycles. The summed E-state index contributed by atoms with van der Waals surface area (Å²) in [6.45, 7) is 5.24. The molecule has 1 atom stereocenters. The fourth-order valence-corrected chi connectivity index (χ4v) is 3.76. The smallest absolute Gasteiger partial charge is 0.132 e. The summed E-state index contributed by atoms with van der Waals surface area (Å²) in [6.07, 6.45) is 5.43. The summed E-state index contributed by atoms with van der Waals surface area (Å²) < 4.78 is 5.80.